The molecule has 0 aliphatic carbocycles. The van der Waals surface area contributed by atoms with E-state index in [1.54, 1.807) is 6.20 Å². The van der Waals surface area contributed by atoms with Crippen LogP contribution < -0.4 is 0 Å². The fourth-order valence-corrected chi connectivity index (χ4v) is 6.03. The van der Waals surface area contributed by atoms with Crippen LogP contribution in [0.15, 0.2) is 158 Å². The summed E-state index contributed by atoms with van der Waals surface area (Å²) < 4.78 is 0. The molecule has 0 aliphatic heterocycles. The van der Waals surface area contributed by atoms with Crippen LogP contribution in [0.4, 0.5) is 0 Å². The second-order valence-electron chi connectivity index (χ2n) is 10.7. The van der Waals surface area contributed by atoms with Crippen LogP contribution in [0.5, 0.6) is 0 Å². The summed E-state index contributed by atoms with van der Waals surface area (Å²) in [4.78, 5) is 18.7. The number of rotatable bonds is 5. The van der Waals surface area contributed by atoms with Crippen LogP contribution in [0, 0.1) is 0 Å². The van der Waals surface area contributed by atoms with E-state index in [1.807, 2.05) is 55.1 Å². The van der Waals surface area contributed by atoms with Crippen LogP contribution in [-0.2, 0) is 0 Å². The Balaban J connectivity index is 1.38. The molecule has 4 nitrogen and oxygen atoms in total. The Hall–Kier alpha value is -6.00. The zero-order chi connectivity index (χ0) is 29.3. The fourth-order valence-electron chi connectivity index (χ4n) is 6.03. The van der Waals surface area contributed by atoms with Gasteiger partial charge in [0.1, 0.15) is 0 Å². The van der Waals surface area contributed by atoms with Gasteiger partial charge in [0.25, 0.3) is 0 Å². The van der Waals surface area contributed by atoms with Crippen LogP contribution in [0.1, 0.15) is 0 Å². The van der Waals surface area contributed by atoms with E-state index in [0.29, 0.717) is 0 Å². The molecule has 4 aromatic carbocycles. The highest BCUT2D eigenvalue weighted by Gasteiger charge is 2.19. The normalized spacial score (nSPS) is 11.2. The number of hydrogen-bond acceptors (Lipinski definition) is 4. The predicted molar refractivity (Wildman–Crippen MR) is 180 cm³/mol. The number of benzene rings is 4. The van der Waals surface area contributed by atoms with Gasteiger partial charge in [-0.2, -0.15) is 0 Å². The SMILES string of the molecule is c1ccc(-c2ccc3c(-c4ccc(-c5cccnc5)nc4)c4ccccc4c(-c4ccc(-c5ccccn5)cn4)c3c2)cc1. The molecule has 0 radical (unpaired) electrons. The van der Waals surface area contributed by atoms with Crippen molar-refractivity contribution in [1.29, 1.82) is 0 Å². The Morgan fingerprint density at radius 1 is 0.318 bits per heavy atom. The lowest BCUT2D eigenvalue weighted by molar-refractivity contribution is 1.28. The molecule has 0 aliphatic rings. The van der Waals surface area contributed by atoms with Gasteiger partial charge >= 0.3 is 0 Å². The number of fused-ring (bicyclic) bond motifs is 2. The quantitative estimate of drug-likeness (QED) is 0.196. The average molecular weight is 563 g/mol. The van der Waals surface area contributed by atoms with Crippen molar-refractivity contribution in [2.45, 2.75) is 0 Å². The molecule has 4 heterocycles. The maximum absolute atomic E-state index is 5.02. The van der Waals surface area contributed by atoms with Crippen molar-refractivity contribution in [2.24, 2.45) is 0 Å². The average Bonchev–Trinajstić information content (AvgIpc) is 3.12. The van der Waals surface area contributed by atoms with Crippen LogP contribution >= 0.6 is 0 Å². The van der Waals surface area contributed by atoms with Crippen molar-refractivity contribution in [3.63, 3.8) is 0 Å². The van der Waals surface area contributed by atoms with Gasteiger partial charge in [-0.3, -0.25) is 19.9 Å². The summed E-state index contributed by atoms with van der Waals surface area (Å²) in [5.41, 5.74) is 10.4. The van der Waals surface area contributed by atoms with Gasteiger partial charge in [-0.05, 0) is 86.8 Å². The fraction of sp³-hybridized carbons (Fsp3) is 0. The molecule has 4 aromatic heterocycles. The molecule has 0 amide bonds. The standard InChI is InChI=1S/C40H26N4/c1-2-9-27(10-3-1)28-15-18-34-35(23-28)40(38-20-16-30(25-44-38)36-14-6-7-22-42-36)33-13-5-4-12-32(33)39(34)31-17-19-37(43-26-31)29-11-8-21-41-24-29/h1-26H. The van der Waals surface area contributed by atoms with E-state index in [2.05, 4.69) is 107 Å². The lowest BCUT2D eigenvalue weighted by atomic mass is 9.86. The van der Waals surface area contributed by atoms with E-state index < -0.39 is 0 Å². The second kappa shape index (κ2) is 11.0. The smallest absolute Gasteiger partial charge is 0.0717 e. The molecule has 0 spiro atoms. The number of nitrogens with zero attached hydrogens (tertiary/aromatic N) is 4. The van der Waals surface area contributed by atoms with Crippen LogP contribution in [0.3, 0.4) is 0 Å². The first-order valence-corrected chi connectivity index (χ1v) is 14.6. The van der Waals surface area contributed by atoms with E-state index in [0.717, 1.165) is 72.0 Å². The van der Waals surface area contributed by atoms with Crippen LogP contribution in [-0.4, -0.2) is 19.9 Å². The van der Waals surface area contributed by atoms with E-state index >= 15 is 0 Å². The van der Waals surface area contributed by atoms with Crippen molar-refractivity contribution in [3.05, 3.63) is 158 Å². The molecule has 4 heteroatoms. The topological polar surface area (TPSA) is 51.6 Å². The Labute approximate surface area is 255 Å². The number of hydrogen-bond donors (Lipinski definition) is 0. The molecule has 206 valence electrons. The summed E-state index contributed by atoms with van der Waals surface area (Å²) in [6, 6.07) is 44.3. The minimum absolute atomic E-state index is 0.899. The minimum Gasteiger partial charge on any atom is -0.264 e. The Morgan fingerprint density at radius 2 is 0.955 bits per heavy atom. The summed E-state index contributed by atoms with van der Waals surface area (Å²) in [7, 11) is 0. The third kappa shape index (κ3) is 4.59. The zero-order valence-corrected chi connectivity index (χ0v) is 23.8. The highest BCUT2D eigenvalue weighted by molar-refractivity contribution is 6.21. The van der Waals surface area contributed by atoms with Crippen molar-refractivity contribution < 1.29 is 0 Å². The number of pyridine rings is 4. The summed E-state index contributed by atoms with van der Waals surface area (Å²) in [5, 5.41) is 4.61. The Bertz CT molecular complexity index is 2230. The monoisotopic (exact) mass is 562 g/mol. The molecule has 0 bridgehead atoms. The maximum Gasteiger partial charge on any atom is 0.0717 e. The van der Waals surface area contributed by atoms with E-state index in [9.17, 15) is 0 Å². The van der Waals surface area contributed by atoms with Gasteiger partial charge in [0.2, 0.25) is 0 Å². The molecule has 0 atom stereocenters. The molecule has 0 saturated carbocycles. The largest absolute Gasteiger partial charge is 0.264 e. The second-order valence-corrected chi connectivity index (χ2v) is 10.7. The first-order valence-electron chi connectivity index (χ1n) is 14.6. The summed E-state index contributed by atoms with van der Waals surface area (Å²) in [6.45, 7) is 0. The lowest BCUT2D eigenvalue weighted by Gasteiger charge is -2.18. The van der Waals surface area contributed by atoms with Crippen LogP contribution in [0.25, 0.3) is 77.6 Å². The maximum atomic E-state index is 5.02. The van der Waals surface area contributed by atoms with E-state index in [-0.39, 0.29) is 0 Å². The molecule has 0 fully saturated rings. The highest BCUT2D eigenvalue weighted by Crippen LogP contribution is 2.44. The van der Waals surface area contributed by atoms with Crippen molar-refractivity contribution in [2.75, 3.05) is 0 Å². The molecule has 0 unspecified atom stereocenters. The lowest BCUT2D eigenvalue weighted by Crippen LogP contribution is -1.94. The van der Waals surface area contributed by atoms with Crippen LogP contribution in [0.2, 0.25) is 0 Å². The highest BCUT2D eigenvalue weighted by atomic mass is 14.7. The molecule has 8 aromatic rings. The van der Waals surface area contributed by atoms with Crippen molar-refractivity contribution >= 4 is 21.5 Å². The van der Waals surface area contributed by atoms with Gasteiger partial charge in [0.05, 0.1) is 17.1 Å². The van der Waals surface area contributed by atoms with Gasteiger partial charge in [0.15, 0.2) is 0 Å². The first kappa shape index (κ1) is 25.7. The summed E-state index contributed by atoms with van der Waals surface area (Å²) in [5.74, 6) is 0. The molecular weight excluding hydrogens is 536 g/mol. The molecule has 44 heavy (non-hydrogen) atoms. The Morgan fingerprint density at radius 3 is 1.68 bits per heavy atom. The third-order valence-corrected chi connectivity index (χ3v) is 8.12. The van der Waals surface area contributed by atoms with Gasteiger partial charge in [-0.15, -0.1) is 0 Å². The van der Waals surface area contributed by atoms with Gasteiger partial charge in [0, 0.05) is 53.2 Å². The number of aromatic nitrogens is 4. The molecular formula is C40H26N4. The summed E-state index contributed by atoms with van der Waals surface area (Å²) >= 11 is 0. The van der Waals surface area contributed by atoms with Gasteiger partial charge in [-0.25, -0.2) is 0 Å². The third-order valence-electron chi connectivity index (χ3n) is 8.12. The van der Waals surface area contributed by atoms with E-state index in [4.69, 9.17) is 9.97 Å². The van der Waals surface area contributed by atoms with Gasteiger partial charge in [-0.1, -0.05) is 78.9 Å². The molecule has 0 saturated heterocycles. The zero-order valence-electron chi connectivity index (χ0n) is 23.8. The van der Waals surface area contributed by atoms with Crippen molar-refractivity contribution in [1.82, 2.24) is 19.9 Å². The van der Waals surface area contributed by atoms with Crippen molar-refractivity contribution in [3.8, 4) is 56.0 Å². The minimum atomic E-state index is 0.899. The van der Waals surface area contributed by atoms with E-state index in [1.165, 1.54) is 5.56 Å². The Kier molecular flexibility index (Phi) is 6.43. The summed E-state index contributed by atoms with van der Waals surface area (Å²) in [6.07, 6.45) is 9.34. The molecule has 0 N–H and O–H groups in total. The molecule has 8 rings (SSSR count). The predicted octanol–water partition coefficient (Wildman–Crippen LogP) is 9.91. The van der Waals surface area contributed by atoms with Gasteiger partial charge < -0.3 is 0 Å². The first-order chi connectivity index (χ1) is 21.8.